The molecule has 0 aliphatic rings. The number of aliphatic hydroxyl groups is 1. The van der Waals surface area contributed by atoms with Crippen molar-refractivity contribution in [2.75, 3.05) is 0 Å². The lowest BCUT2D eigenvalue weighted by atomic mass is 10.0. The lowest BCUT2D eigenvalue weighted by molar-refractivity contribution is 0.236. The monoisotopic (exact) mass is 209 g/mol. The van der Waals surface area contributed by atoms with Gasteiger partial charge in [-0.2, -0.15) is 5.26 Å². The van der Waals surface area contributed by atoms with E-state index in [4.69, 9.17) is 5.26 Å². The van der Waals surface area contributed by atoms with Crippen LogP contribution in [0.25, 0.3) is 11.1 Å². The summed E-state index contributed by atoms with van der Waals surface area (Å²) in [5, 5.41) is 17.9. The Hall–Kier alpha value is -2.11. The van der Waals surface area contributed by atoms with Gasteiger partial charge in [0.15, 0.2) is 6.10 Å². The number of hydrogen-bond acceptors (Lipinski definition) is 2. The minimum absolute atomic E-state index is 0.627. The van der Waals surface area contributed by atoms with Crippen molar-refractivity contribution in [3.05, 3.63) is 60.2 Å². The highest BCUT2D eigenvalue weighted by Gasteiger charge is 2.04. The molecule has 16 heavy (non-hydrogen) atoms. The maximum atomic E-state index is 9.33. The first-order valence-electron chi connectivity index (χ1n) is 5.04. The average Bonchev–Trinajstić information content (AvgIpc) is 2.39. The molecule has 0 aromatic heterocycles. The van der Waals surface area contributed by atoms with E-state index >= 15 is 0 Å². The summed E-state index contributed by atoms with van der Waals surface area (Å²) in [7, 11) is 0. The molecule has 0 fully saturated rings. The lowest BCUT2D eigenvalue weighted by Crippen LogP contribution is -1.92. The fraction of sp³-hybridized carbons (Fsp3) is 0.0714. The van der Waals surface area contributed by atoms with Crippen LogP contribution in [0.1, 0.15) is 11.7 Å². The summed E-state index contributed by atoms with van der Waals surface area (Å²) in [5.74, 6) is 0. The first kappa shape index (κ1) is 10.4. The van der Waals surface area contributed by atoms with Crippen LogP contribution in [-0.2, 0) is 0 Å². The Morgan fingerprint density at radius 3 is 2.00 bits per heavy atom. The molecule has 0 aliphatic carbocycles. The SMILES string of the molecule is N#CC(O)c1ccc(-c2ccccc2)cc1. The van der Waals surface area contributed by atoms with Gasteiger partial charge in [-0.15, -0.1) is 0 Å². The second-order valence-electron chi connectivity index (χ2n) is 3.52. The zero-order chi connectivity index (χ0) is 11.4. The van der Waals surface area contributed by atoms with Crippen molar-refractivity contribution < 1.29 is 5.11 Å². The fourth-order valence-electron chi connectivity index (χ4n) is 1.56. The van der Waals surface area contributed by atoms with Gasteiger partial charge in [-0.3, -0.25) is 0 Å². The van der Waals surface area contributed by atoms with Gasteiger partial charge in [-0.25, -0.2) is 0 Å². The molecule has 0 radical (unpaired) electrons. The van der Waals surface area contributed by atoms with Gasteiger partial charge in [-0.05, 0) is 16.7 Å². The van der Waals surface area contributed by atoms with E-state index in [0.717, 1.165) is 11.1 Å². The smallest absolute Gasteiger partial charge is 0.165 e. The largest absolute Gasteiger partial charge is 0.374 e. The maximum Gasteiger partial charge on any atom is 0.165 e. The molecule has 0 saturated carbocycles. The summed E-state index contributed by atoms with van der Waals surface area (Å²) in [5.41, 5.74) is 2.83. The van der Waals surface area contributed by atoms with Crippen LogP contribution < -0.4 is 0 Å². The third-order valence-corrected chi connectivity index (χ3v) is 2.46. The predicted octanol–water partition coefficient (Wildman–Crippen LogP) is 2.91. The minimum atomic E-state index is -1.04. The molecule has 78 valence electrons. The van der Waals surface area contributed by atoms with Gasteiger partial charge in [0.2, 0.25) is 0 Å². The molecule has 0 bridgehead atoms. The topological polar surface area (TPSA) is 44.0 Å². The van der Waals surface area contributed by atoms with Crippen molar-refractivity contribution in [2.45, 2.75) is 6.10 Å². The van der Waals surface area contributed by atoms with E-state index < -0.39 is 6.10 Å². The molecule has 2 aromatic rings. The molecule has 1 unspecified atom stereocenters. The van der Waals surface area contributed by atoms with Crippen LogP contribution in [0, 0.1) is 11.3 Å². The van der Waals surface area contributed by atoms with Crippen molar-refractivity contribution in [1.82, 2.24) is 0 Å². The molecular formula is C14H11NO. The molecule has 0 heterocycles. The van der Waals surface area contributed by atoms with E-state index in [-0.39, 0.29) is 0 Å². The molecule has 1 N–H and O–H groups in total. The number of aliphatic hydroxyl groups excluding tert-OH is 1. The van der Waals surface area contributed by atoms with Crippen LogP contribution in [0.5, 0.6) is 0 Å². The Morgan fingerprint density at radius 1 is 0.875 bits per heavy atom. The van der Waals surface area contributed by atoms with Crippen LogP contribution >= 0.6 is 0 Å². The maximum absolute atomic E-state index is 9.33. The third-order valence-electron chi connectivity index (χ3n) is 2.46. The van der Waals surface area contributed by atoms with Crippen LogP contribution in [0.3, 0.4) is 0 Å². The Morgan fingerprint density at radius 2 is 1.44 bits per heavy atom. The highest BCUT2D eigenvalue weighted by Crippen LogP contribution is 2.21. The summed E-state index contributed by atoms with van der Waals surface area (Å²) in [6, 6.07) is 19.1. The molecule has 0 saturated heterocycles. The van der Waals surface area contributed by atoms with Crippen molar-refractivity contribution >= 4 is 0 Å². The van der Waals surface area contributed by atoms with E-state index in [1.165, 1.54) is 0 Å². The third kappa shape index (κ3) is 2.10. The van der Waals surface area contributed by atoms with Crippen LogP contribution in [0.4, 0.5) is 0 Å². The number of rotatable bonds is 2. The van der Waals surface area contributed by atoms with Gasteiger partial charge in [0, 0.05) is 0 Å². The van der Waals surface area contributed by atoms with E-state index in [2.05, 4.69) is 0 Å². The number of hydrogen-bond donors (Lipinski definition) is 1. The van der Waals surface area contributed by atoms with E-state index in [1.807, 2.05) is 42.5 Å². The Labute approximate surface area is 94.4 Å². The molecule has 0 amide bonds. The molecule has 2 heteroatoms. The Bertz CT molecular complexity index is 497. The highest BCUT2D eigenvalue weighted by atomic mass is 16.3. The summed E-state index contributed by atoms with van der Waals surface area (Å²) < 4.78 is 0. The van der Waals surface area contributed by atoms with Gasteiger partial charge in [0.05, 0.1) is 6.07 Å². The van der Waals surface area contributed by atoms with Crippen LogP contribution in [0.2, 0.25) is 0 Å². The molecule has 2 nitrogen and oxygen atoms in total. The van der Waals surface area contributed by atoms with Crippen molar-refractivity contribution in [2.24, 2.45) is 0 Å². The number of benzene rings is 2. The van der Waals surface area contributed by atoms with Gasteiger partial charge in [0.25, 0.3) is 0 Å². The summed E-state index contributed by atoms with van der Waals surface area (Å²) in [6.07, 6.45) is -1.04. The molecule has 2 aromatic carbocycles. The van der Waals surface area contributed by atoms with Crippen molar-refractivity contribution in [3.63, 3.8) is 0 Å². The molecule has 0 aliphatic heterocycles. The van der Waals surface area contributed by atoms with Gasteiger partial charge in [0.1, 0.15) is 0 Å². The first-order valence-corrected chi connectivity index (χ1v) is 5.04. The van der Waals surface area contributed by atoms with Crippen LogP contribution in [-0.4, -0.2) is 5.11 Å². The number of nitrogens with zero attached hydrogens (tertiary/aromatic N) is 1. The Balaban J connectivity index is 2.31. The van der Waals surface area contributed by atoms with Gasteiger partial charge >= 0.3 is 0 Å². The molecule has 1 atom stereocenters. The quantitative estimate of drug-likeness (QED) is 0.773. The normalized spacial score (nSPS) is 11.8. The first-order chi connectivity index (χ1) is 7.81. The zero-order valence-corrected chi connectivity index (χ0v) is 8.67. The second-order valence-corrected chi connectivity index (χ2v) is 3.52. The molecular weight excluding hydrogens is 198 g/mol. The van der Waals surface area contributed by atoms with Crippen molar-refractivity contribution in [3.8, 4) is 17.2 Å². The van der Waals surface area contributed by atoms with E-state index in [9.17, 15) is 5.11 Å². The van der Waals surface area contributed by atoms with E-state index in [1.54, 1.807) is 18.2 Å². The summed E-state index contributed by atoms with van der Waals surface area (Å²) in [6.45, 7) is 0. The summed E-state index contributed by atoms with van der Waals surface area (Å²) in [4.78, 5) is 0. The zero-order valence-electron chi connectivity index (χ0n) is 8.67. The summed E-state index contributed by atoms with van der Waals surface area (Å²) >= 11 is 0. The number of nitriles is 1. The average molecular weight is 209 g/mol. The van der Waals surface area contributed by atoms with Gasteiger partial charge < -0.3 is 5.11 Å². The van der Waals surface area contributed by atoms with Gasteiger partial charge in [-0.1, -0.05) is 54.6 Å². The highest BCUT2D eigenvalue weighted by molar-refractivity contribution is 5.63. The second kappa shape index (κ2) is 4.61. The van der Waals surface area contributed by atoms with Crippen molar-refractivity contribution in [1.29, 1.82) is 5.26 Å². The predicted molar refractivity (Wildman–Crippen MR) is 62.5 cm³/mol. The minimum Gasteiger partial charge on any atom is -0.374 e. The molecule has 0 spiro atoms. The molecule has 2 rings (SSSR count). The van der Waals surface area contributed by atoms with E-state index in [0.29, 0.717) is 5.56 Å². The van der Waals surface area contributed by atoms with Crippen LogP contribution in [0.15, 0.2) is 54.6 Å². The fourth-order valence-corrected chi connectivity index (χ4v) is 1.56. The lowest BCUT2D eigenvalue weighted by Gasteiger charge is -2.04. The Kier molecular flexibility index (Phi) is 3.00. The standard InChI is InChI=1S/C14H11NO/c15-10-14(16)13-8-6-12(7-9-13)11-4-2-1-3-5-11/h1-9,14,16H.